The summed E-state index contributed by atoms with van der Waals surface area (Å²) in [6.45, 7) is 1.98. The van der Waals surface area contributed by atoms with Gasteiger partial charge in [0.2, 0.25) is 0 Å². The van der Waals surface area contributed by atoms with Gasteiger partial charge in [0.15, 0.2) is 0 Å². The summed E-state index contributed by atoms with van der Waals surface area (Å²) < 4.78 is 5.74. The lowest BCUT2D eigenvalue weighted by atomic mass is 9.92. The highest BCUT2D eigenvalue weighted by molar-refractivity contribution is 6.17. The van der Waals surface area contributed by atoms with Gasteiger partial charge in [-0.25, -0.2) is 0 Å². The summed E-state index contributed by atoms with van der Waals surface area (Å²) in [5.41, 5.74) is 16.9. The molecule has 1 aliphatic heterocycles. The molecule has 1 heterocycles. The van der Waals surface area contributed by atoms with Crippen molar-refractivity contribution in [1.29, 1.82) is 0 Å². The van der Waals surface area contributed by atoms with Crippen LogP contribution < -0.4 is 16.2 Å². The molecule has 0 radical (unpaired) electrons. The first-order valence-corrected chi connectivity index (χ1v) is 7.65. The molecule has 0 spiro atoms. The van der Waals surface area contributed by atoms with Crippen molar-refractivity contribution in [2.45, 2.75) is 12.8 Å². The van der Waals surface area contributed by atoms with Gasteiger partial charge in [0.05, 0.1) is 18.0 Å². The van der Waals surface area contributed by atoms with Crippen LogP contribution >= 0.6 is 12.4 Å². The Balaban J connectivity index is 0.00000192. The Morgan fingerprint density at radius 3 is 2.65 bits per heavy atom. The van der Waals surface area contributed by atoms with Gasteiger partial charge in [-0.1, -0.05) is 36.4 Å². The predicted molar refractivity (Wildman–Crippen MR) is 97.9 cm³/mol. The Hall–Kier alpha value is -2.04. The smallest absolute Gasteiger partial charge is 0.142 e. The third kappa shape index (κ3) is 3.66. The number of hydrogen-bond acceptors (Lipinski definition) is 4. The molecule has 0 bridgehead atoms. The van der Waals surface area contributed by atoms with Crippen LogP contribution in [0.3, 0.4) is 0 Å². The molecule has 0 amide bonds. The highest BCUT2D eigenvalue weighted by Crippen LogP contribution is 2.30. The van der Waals surface area contributed by atoms with Gasteiger partial charge in [-0.05, 0) is 31.0 Å². The number of benzene rings is 2. The fraction of sp³-hybridized carbons (Fsp3) is 0.278. The molecule has 4 nitrogen and oxygen atoms in total. The third-order valence-electron chi connectivity index (χ3n) is 3.85. The van der Waals surface area contributed by atoms with E-state index in [9.17, 15) is 0 Å². The molecule has 4 N–H and O–H groups in total. The van der Waals surface area contributed by atoms with Crippen molar-refractivity contribution in [3.8, 4) is 5.75 Å². The largest absolute Gasteiger partial charge is 0.491 e. The zero-order chi connectivity index (χ0) is 15.4. The maximum Gasteiger partial charge on any atom is 0.142 e. The number of hydrogen-bond donors (Lipinski definition) is 2. The monoisotopic (exact) mass is 331 g/mol. The van der Waals surface area contributed by atoms with Crippen LogP contribution in [-0.2, 0) is 6.42 Å². The molecule has 2 aromatic rings. The molecule has 0 fully saturated rings. The van der Waals surface area contributed by atoms with Crippen LogP contribution in [0.4, 0.5) is 5.69 Å². The number of nitrogen functional groups attached to an aromatic ring is 1. The minimum Gasteiger partial charge on any atom is -0.491 e. The molecule has 0 aromatic heterocycles. The van der Waals surface area contributed by atoms with Gasteiger partial charge < -0.3 is 16.2 Å². The van der Waals surface area contributed by atoms with E-state index in [1.807, 2.05) is 24.3 Å². The Bertz CT molecular complexity index is 700. The minimum absolute atomic E-state index is 0. The molecule has 3 rings (SSSR count). The first-order chi connectivity index (χ1) is 10.8. The summed E-state index contributed by atoms with van der Waals surface area (Å²) in [5, 5.41) is 0. The Morgan fingerprint density at radius 1 is 1.04 bits per heavy atom. The molecule has 0 unspecified atom stereocenters. The molecule has 2 aromatic carbocycles. The summed E-state index contributed by atoms with van der Waals surface area (Å²) in [6, 6.07) is 14.2. The molecule has 0 aliphatic carbocycles. The lowest BCUT2D eigenvalue weighted by Crippen LogP contribution is -2.16. The summed E-state index contributed by atoms with van der Waals surface area (Å²) in [4.78, 5) is 4.70. The maximum atomic E-state index is 6.32. The van der Waals surface area contributed by atoms with Gasteiger partial charge >= 0.3 is 0 Å². The molecular formula is C18H22ClN3O. The van der Waals surface area contributed by atoms with Crippen LogP contribution in [0.25, 0.3) is 0 Å². The van der Waals surface area contributed by atoms with Crippen molar-refractivity contribution in [1.82, 2.24) is 0 Å². The molecule has 5 heteroatoms. The number of aliphatic imine (C=N–C) groups is 1. The van der Waals surface area contributed by atoms with E-state index in [0.717, 1.165) is 30.7 Å². The first-order valence-electron chi connectivity index (χ1n) is 7.65. The Kier molecular flexibility index (Phi) is 6.02. The van der Waals surface area contributed by atoms with Crippen LogP contribution in [0.5, 0.6) is 5.75 Å². The molecule has 23 heavy (non-hydrogen) atoms. The minimum atomic E-state index is 0. The SMILES string of the molecule is Cl.NCCCOc1cccc(C2=NCCc3ccccc32)c1N. The highest BCUT2D eigenvalue weighted by Gasteiger charge is 2.18. The van der Waals surface area contributed by atoms with Crippen molar-refractivity contribution < 1.29 is 4.74 Å². The van der Waals surface area contributed by atoms with Crippen LogP contribution in [0.15, 0.2) is 47.5 Å². The number of anilines is 1. The predicted octanol–water partition coefficient (Wildman–Crippen LogP) is 2.81. The van der Waals surface area contributed by atoms with E-state index < -0.39 is 0 Å². The van der Waals surface area contributed by atoms with E-state index in [4.69, 9.17) is 21.2 Å². The zero-order valence-corrected chi connectivity index (χ0v) is 13.8. The number of nitrogens with zero attached hydrogens (tertiary/aromatic N) is 1. The van der Waals surface area contributed by atoms with Crippen LogP contribution in [0.1, 0.15) is 23.1 Å². The second-order valence-electron chi connectivity index (χ2n) is 5.35. The van der Waals surface area contributed by atoms with Gasteiger partial charge in [-0.15, -0.1) is 12.4 Å². The van der Waals surface area contributed by atoms with Crippen molar-refractivity contribution in [3.05, 3.63) is 59.2 Å². The average Bonchev–Trinajstić information content (AvgIpc) is 2.56. The van der Waals surface area contributed by atoms with Crippen LogP contribution in [0, 0.1) is 0 Å². The topological polar surface area (TPSA) is 73.6 Å². The second-order valence-corrected chi connectivity index (χ2v) is 5.35. The van der Waals surface area contributed by atoms with Crippen molar-refractivity contribution in [3.63, 3.8) is 0 Å². The standard InChI is InChI=1S/C18H21N3O.ClH/c19-10-4-12-22-16-8-3-7-15(17(16)20)18-14-6-2-1-5-13(14)9-11-21-18;/h1-3,5-8H,4,9-12,19-20H2;1H. The van der Waals surface area contributed by atoms with Crippen molar-refractivity contribution in [2.75, 3.05) is 25.4 Å². The number of nitrogens with two attached hydrogens (primary N) is 2. The first kappa shape index (κ1) is 17.3. The fourth-order valence-corrected chi connectivity index (χ4v) is 2.71. The molecule has 0 saturated carbocycles. The summed E-state index contributed by atoms with van der Waals surface area (Å²) in [5.74, 6) is 0.705. The van der Waals surface area contributed by atoms with Crippen LogP contribution in [0.2, 0.25) is 0 Å². The Labute approximate surface area is 143 Å². The maximum absolute atomic E-state index is 6.32. The normalized spacial score (nSPS) is 12.8. The van der Waals surface area contributed by atoms with Crippen LogP contribution in [-0.4, -0.2) is 25.4 Å². The van der Waals surface area contributed by atoms with Crippen molar-refractivity contribution >= 4 is 23.8 Å². The summed E-state index contributed by atoms with van der Waals surface area (Å²) in [7, 11) is 0. The van der Waals surface area contributed by atoms with E-state index in [1.54, 1.807) is 0 Å². The summed E-state index contributed by atoms with van der Waals surface area (Å²) in [6.07, 6.45) is 1.79. The Morgan fingerprint density at radius 2 is 1.83 bits per heavy atom. The molecule has 1 aliphatic rings. The number of para-hydroxylation sites is 1. The molecule has 0 saturated heterocycles. The zero-order valence-electron chi connectivity index (χ0n) is 13.0. The average molecular weight is 332 g/mol. The van der Waals surface area contributed by atoms with Gasteiger partial charge in [0, 0.05) is 17.7 Å². The van der Waals surface area contributed by atoms with Gasteiger partial charge in [0.1, 0.15) is 5.75 Å². The summed E-state index contributed by atoms with van der Waals surface area (Å²) >= 11 is 0. The molecule has 0 atom stereocenters. The number of halogens is 1. The number of fused-ring (bicyclic) bond motifs is 1. The van der Waals surface area contributed by atoms with Gasteiger partial charge in [-0.3, -0.25) is 4.99 Å². The lowest BCUT2D eigenvalue weighted by molar-refractivity contribution is 0.315. The fourth-order valence-electron chi connectivity index (χ4n) is 2.71. The van der Waals surface area contributed by atoms with E-state index >= 15 is 0 Å². The third-order valence-corrected chi connectivity index (χ3v) is 3.85. The highest BCUT2D eigenvalue weighted by atomic mass is 35.5. The van der Waals surface area contributed by atoms with Gasteiger partial charge in [0.25, 0.3) is 0 Å². The number of rotatable bonds is 5. The quantitative estimate of drug-likeness (QED) is 0.653. The molecule has 122 valence electrons. The van der Waals surface area contributed by atoms with E-state index in [1.165, 1.54) is 11.1 Å². The lowest BCUT2D eigenvalue weighted by Gasteiger charge is -2.19. The van der Waals surface area contributed by atoms with Gasteiger partial charge in [-0.2, -0.15) is 0 Å². The van der Waals surface area contributed by atoms with E-state index in [2.05, 4.69) is 18.2 Å². The van der Waals surface area contributed by atoms with Crippen molar-refractivity contribution in [2.24, 2.45) is 10.7 Å². The van der Waals surface area contributed by atoms with E-state index in [0.29, 0.717) is 24.6 Å². The van der Waals surface area contributed by atoms with E-state index in [-0.39, 0.29) is 12.4 Å². The molecular weight excluding hydrogens is 310 g/mol. The second kappa shape index (κ2) is 7.99. The number of ether oxygens (including phenoxy) is 1.